The van der Waals surface area contributed by atoms with Crippen molar-refractivity contribution in [3.05, 3.63) is 76.7 Å². The van der Waals surface area contributed by atoms with Crippen LogP contribution in [-0.4, -0.2) is 126 Å². The van der Waals surface area contributed by atoms with Crippen LogP contribution < -0.4 is 19.7 Å². The molecule has 3 atom stereocenters. The average Bonchev–Trinajstić information content (AvgIpc) is 3.66. The number of aliphatic imine (C=N–C) groups is 1. The van der Waals surface area contributed by atoms with Crippen LogP contribution >= 0.6 is 0 Å². The van der Waals surface area contributed by atoms with Gasteiger partial charge in [-0.2, -0.15) is 0 Å². The first-order valence-electron chi connectivity index (χ1n) is 19.4. The lowest BCUT2D eigenvalue weighted by Gasteiger charge is -2.44. The summed E-state index contributed by atoms with van der Waals surface area (Å²) < 4.78 is 23.6. The quantitative estimate of drug-likeness (QED) is 0.178. The number of ether oxygens (including phenoxy) is 4. The van der Waals surface area contributed by atoms with E-state index in [2.05, 4.69) is 64.1 Å². The Hall–Kier alpha value is -5.25. The molecule has 1 aliphatic carbocycles. The maximum absolute atomic E-state index is 13.0. The standard InChI is InChI=1S/C41H47N7O8/c1-25-22-46(35-20-33(43-24-44-35)37-31-19-29(56-41(3)10-11-41)5-4-27(31)21-42-37)23-26(2)47(25)12-13-53-14-15-54-16-17-55-28-6-7-30-32(18-28)40(52)48(39(30)51)34-8-9-36(49)45-38(34)50/h4-7,18-20,24-26,34H,8-17,21-23H2,1-3H3,(H,45,49,50)/t25-,26+,34?. The van der Waals surface area contributed by atoms with E-state index < -0.39 is 29.7 Å². The molecule has 1 N–H and O–H groups in total. The molecule has 1 aromatic heterocycles. The SMILES string of the molecule is C[C@@H]1CN(c2cc(C3=NCc4ccc(OC5(C)CC5)cc43)ncn2)C[C@H](C)N1CCOCCOCCOc1ccc2c(c1)C(=O)N(C1CCC(=O)NC1=O)C2=O. The Balaban J connectivity index is 0.742. The Morgan fingerprint density at radius 2 is 1.54 bits per heavy atom. The van der Waals surface area contributed by atoms with E-state index in [1.165, 1.54) is 17.7 Å². The van der Waals surface area contributed by atoms with Crippen molar-refractivity contribution < 1.29 is 38.1 Å². The van der Waals surface area contributed by atoms with Crippen molar-refractivity contribution in [2.24, 2.45) is 4.99 Å². The van der Waals surface area contributed by atoms with E-state index in [9.17, 15) is 19.2 Å². The minimum Gasteiger partial charge on any atom is -0.491 e. The summed E-state index contributed by atoms with van der Waals surface area (Å²) >= 11 is 0. The molecular formula is C41H47N7O8. The van der Waals surface area contributed by atoms with Crippen LogP contribution in [0.25, 0.3) is 0 Å². The van der Waals surface area contributed by atoms with Gasteiger partial charge in [-0.1, -0.05) is 6.07 Å². The molecule has 0 bridgehead atoms. The lowest BCUT2D eigenvalue weighted by molar-refractivity contribution is -0.136. The number of amides is 4. The van der Waals surface area contributed by atoms with E-state index >= 15 is 0 Å². The zero-order chi connectivity index (χ0) is 39.0. The predicted molar refractivity (Wildman–Crippen MR) is 204 cm³/mol. The third kappa shape index (κ3) is 7.88. The molecule has 4 amide bonds. The van der Waals surface area contributed by atoms with E-state index in [1.807, 2.05) is 6.07 Å². The molecule has 3 fully saturated rings. The highest BCUT2D eigenvalue weighted by Gasteiger charge is 2.45. The van der Waals surface area contributed by atoms with Crippen LogP contribution in [0.15, 0.2) is 53.8 Å². The molecule has 56 heavy (non-hydrogen) atoms. The number of carbonyl (C=O) groups is 4. The molecule has 0 spiro atoms. The predicted octanol–water partition coefficient (Wildman–Crippen LogP) is 3.17. The summed E-state index contributed by atoms with van der Waals surface area (Å²) in [4.78, 5) is 69.6. The molecule has 3 aromatic rings. The average molecular weight is 766 g/mol. The van der Waals surface area contributed by atoms with Gasteiger partial charge in [-0.15, -0.1) is 0 Å². The summed E-state index contributed by atoms with van der Waals surface area (Å²) in [7, 11) is 0. The van der Waals surface area contributed by atoms with Gasteiger partial charge < -0.3 is 23.8 Å². The van der Waals surface area contributed by atoms with Gasteiger partial charge in [0, 0.05) is 49.8 Å². The van der Waals surface area contributed by atoms with E-state index in [4.69, 9.17) is 23.9 Å². The second kappa shape index (κ2) is 15.7. The van der Waals surface area contributed by atoms with Crippen molar-refractivity contribution in [2.45, 2.75) is 76.7 Å². The van der Waals surface area contributed by atoms with Crippen LogP contribution in [0.4, 0.5) is 5.82 Å². The molecule has 15 heteroatoms. The topological polar surface area (TPSA) is 165 Å². The fourth-order valence-electron chi connectivity index (χ4n) is 7.89. The molecule has 0 radical (unpaired) electrons. The van der Waals surface area contributed by atoms with Crippen molar-refractivity contribution in [2.75, 3.05) is 57.6 Å². The number of nitrogens with zero attached hydrogens (tertiary/aromatic N) is 6. The Bertz CT molecular complexity index is 2060. The summed E-state index contributed by atoms with van der Waals surface area (Å²) in [6, 6.07) is 12.5. The Kier molecular flexibility index (Phi) is 10.6. The van der Waals surface area contributed by atoms with Gasteiger partial charge in [-0.3, -0.25) is 39.3 Å². The van der Waals surface area contributed by atoms with Gasteiger partial charge in [0.05, 0.1) is 55.5 Å². The maximum atomic E-state index is 13.0. The summed E-state index contributed by atoms with van der Waals surface area (Å²) in [5.41, 5.74) is 4.31. The fraction of sp³-hybridized carbons (Fsp3) is 0.488. The highest BCUT2D eigenvalue weighted by atomic mass is 16.5. The molecule has 2 saturated heterocycles. The smallest absolute Gasteiger partial charge is 0.262 e. The number of hydrogen-bond donors (Lipinski definition) is 1. The third-order valence-electron chi connectivity index (χ3n) is 11.2. The van der Waals surface area contributed by atoms with Crippen molar-refractivity contribution >= 4 is 35.2 Å². The van der Waals surface area contributed by atoms with Crippen molar-refractivity contribution in [1.29, 1.82) is 0 Å². The minimum absolute atomic E-state index is 0.0445. The zero-order valence-electron chi connectivity index (χ0n) is 32.0. The number of rotatable bonds is 15. The van der Waals surface area contributed by atoms with Gasteiger partial charge >= 0.3 is 0 Å². The monoisotopic (exact) mass is 765 g/mol. The van der Waals surface area contributed by atoms with E-state index in [0.717, 1.165) is 65.9 Å². The van der Waals surface area contributed by atoms with E-state index in [-0.39, 0.29) is 48.3 Å². The van der Waals surface area contributed by atoms with E-state index in [1.54, 1.807) is 12.4 Å². The van der Waals surface area contributed by atoms with Gasteiger partial charge in [0.25, 0.3) is 11.8 Å². The summed E-state index contributed by atoms with van der Waals surface area (Å²) in [6.45, 7) is 11.7. The lowest BCUT2D eigenvalue weighted by atomic mass is 10.0. The molecule has 8 rings (SSSR count). The first kappa shape index (κ1) is 37.7. The largest absolute Gasteiger partial charge is 0.491 e. The van der Waals surface area contributed by atoms with Crippen LogP contribution in [0.1, 0.15) is 84.0 Å². The summed E-state index contributed by atoms with van der Waals surface area (Å²) in [5.74, 6) is 0.00435. The van der Waals surface area contributed by atoms with Gasteiger partial charge in [0.1, 0.15) is 41.9 Å². The fourth-order valence-corrected chi connectivity index (χ4v) is 7.89. The molecule has 1 saturated carbocycles. The number of hydrogen-bond acceptors (Lipinski definition) is 13. The highest BCUT2D eigenvalue weighted by Crippen LogP contribution is 2.40. The van der Waals surface area contributed by atoms with Gasteiger partial charge in [0.2, 0.25) is 11.8 Å². The molecule has 4 aliphatic heterocycles. The number of piperazine rings is 1. The zero-order valence-corrected chi connectivity index (χ0v) is 32.0. The van der Waals surface area contributed by atoms with Crippen molar-refractivity contribution in [3.63, 3.8) is 0 Å². The number of anilines is 1. The number of carbonyl (C=O) groups excluding carboxylic acids is 4. The molecule has 5 heterocycles. The molecule has 294 valence electrons. The molecule has 1 unspecified atom stereocenters. The number of benzene rings is 2. The minimum atomic E-state index is -1.01. The van der Waals surface area contributed by atoms with Gasteiger partial charge in [-0.25, -0.2) is 9.97 Å². The van der Waals surface area contributed by atoms with Crippen LogP contribution in [-0.2, 0) is 25.6 Å². The molecular weight excluding hydrogens is 718 g/mol. The van der Waals surface area contributed by atoms with Crippen LogP contribution in [0.5, 0.6) is 11.5 Å². The molecule has 2 aromatic carbocycles. The number of nitrogens with one attached hydrogen (secondary N) is 1. The van der Waals surface area contributed by atoms with Gasteiger partial charge in [0.15, 0.2) is 0 Å². The Labute approximate surface area is 325 Å². The Morgan fingerprint density at radius 1 is 0.821 bits per heavy atom. The van der Waals surface area contributed by atoms with Crippen LogP contribution in [0.3, 0.4) is 0 Å². The second-order valence-electron chi connectivity index (χ2n) is 15.4. The molecule has 5 aliphatic rings. The van der Waals surface area contributed by atoms with Crippen molar-refractivity contribution in [1.82, 2.24) is 25.1 Å². The van der Waals surface area contributed by atoms with Crippen LogP contribution in [0, 0.1) is 0 Å². The summed E-state index contributed by atoms with van der Waals surface area (Å²) in [5, 5.41) is 2.20. The maximum Gasteiger partial charge on any atom is 0.262 e. The number of imide groups is 2. The first-order chi connectivity index (χ1) is 27.1. The number of piperidine rings is 1. The number of fused-ring (bicyclic) bond motifs is 2. The third-order valence-corrected chi connectivity index (χ3v) is 11.2. The Morgan fingerprint density at radius 3 is 2.30 bits per heavy atom. The number of aromatic nitrogens is 2. The lowest BCUT2D eigenvalue weighted by Crippen LogP contribution is -2.57. The van der Waals surface area contributed by atoms with Crippen LogP contribution in [0.2, 0.25) is 0 Å². The first-order valence-corrected chi connectivity index (χ1v) is 19.4. The normalized spacial score (nSPS) is 22.8. The molecule has 15 nitrogen and oxygen atoms in total. The second-order valence-corrected chi connectivity index (χ2v) is 15.4. The van der Waals surface area contributed by atoms with Crippen molar-refractivity contribution in [3.8, 4) is 11.5 Å². The van der Waals surface area contributed by atoms with E-state index in [0.29, 0.717) is 38.7 Å². The highest BCUT2D eigenvalue weighted by molar-refractivity contribution is 6.23. The summed E-state index contributed by atoms with van der Waals surface area (Å²) in [6.07, 6.45) is 3.98. The van der Waals surface area contributed by atoms with Gasteiger partial charge in [-0.05, 0) is 75.9 Å².